The number of aromatic nitrogens is 5. The fourth-order valence-corrected chi connectivity index (χ4v) is 3.51. The van der Waals surface area contributed by atoms with E-state index in [2.05, 4.69) is 25.6 Å². The maximum Gasteiger partial charge on any atom is 0.234 e. The Kier molecular flexibility index (Phi) is 5.03. The largest absolute Gasteiger partial charge is 0.325 e. The molecule has 1 amide bonds. The minimum atomic E-state index is -0.0964. The third-order valence-corrected chi connectivity index (χ3v) is 5.40. The number of thioether (sulfide) groups is 1. The average molecular weight is 390 g/mol. The van der Waals surface area contributed by atoms with E-state index in [1.165, 1.54) is 18.1 Å². The highest BCUT2D eigenvalue weighted by Gasteiger charge is 2.15. The Balaban J connectivity index is 1.52. The van der Waals surface area contributed by atoms with Crippen LogP contribution in [0.3, 0.4) is 0 Å². The summed E-state index contributed by atoms with van der Waals surface area (Å²) in [5.41, 5.74) is 5.09. The van der Waals surface area contributed by atoms with Crippen molar-refractivity contribution in [2.24, 2.45) is 0 Å². The number of carbonyl (C=O) groups excluding carboxylic acids is 1. The first-order chi connectivity index (χ1) is 13.6. The smallest absolute Gasteiger partial charge is 0.234 e. The first-order valence-electron chi connectivity index (χ1n) is 8.74. The maximum absolute atomic E-state index is 12.4. The number of aryl methyl sites for hydroxylation is 1. The van der Waals surface area contributed by atoms with Crippen LogP contribution in [0.5, 0.6) is 0 Å². The van der Waals surface area contributed by atoms with Crippen LogP contribution in [0, 0.1) is 13.8 Å². The summed E-state index contributed by atoms with van der Waals surface area (Å²) in [6.45, 7) is 4.02. The van der Waals surface area contributed by atoms with Gasteiger partial charge in [-0.05, 0) is 43.2 Å². The number of nitrogens with zero attached hydrogens (tertiary/aromatic N) is 5. The van der Waals surface area contributed by atoms with E-state index in [1.807, 2.05) is 62.4 Å². The Bertz CT molecular complexity index is 1140. The molecule has 0 aliphatic heterocycles. The first kappa shape index (κ1) is 18.1. The number of hydrogen-bond donors (Lipinski definition) is 1. The van der Waals surface area contributed by atoms with Crippen molar-refractivity contribution in [3.8, 4) is 5.69 Å². The van der Waals surface area contributed by atoms with Crippen molar-refractivity contribution in [3.63, 3.8) is 0 Å². The van der Waals surface area contributed by atoms with E-state index in [-0.39, 0.29) is 11.7 Å². The van der Waals surface area contributed by atoms with Crippen LogP contribution in [0.1, 0.15) is 11.1 Å². The molecule has 0 fully saturated rings. The van der Waals surface area contributed by atoms with Crippen molar-refractivity contribution in [3.05, 3.63) is 66.0 Å². The molecule has 1 N–H and O–H groups in total. The molecule has 0 aliphatic rings. The Morgan fingerprint density at radius 2 is 1.89 bits per heavy atom. The molecule has 0 spiro atoms. The number of anilines is 1. The molecule has 0 saturated heterocycles. The van der Waals surface area contributed by atoms with E-state index < -0.39 is 0 Å². The predicted octanol–water partition coefficient (Wildman–Crippen LogP) is 3.56. The maximum atomic E-state index is 12.4. The van der Waals surface area contributed by atoms with Gasteiger partial charge in [0.15, 0.2) is 11.2 Å². The summed E-state index contributed by atoms with van der Waals surface area (Å²) in [5, 5.41) is 12.0. The lowest BCUT2D eigenvalue weighted by atomic mass is 10.1. The van der Waals surface area contributed by atoms with Gasteiger partial charge in [0.05, 0.1) is 11.4 Å². The lowest BCUT2D eigenvalue weighted by Crippen LogP contribution is -2.15. The van der Waals surface area contributed by atoms with E-state index in [4.69, 9.17) is 0 Å². The standard InChI is InChI=1S/C20H18N6OS/c1-13-7-6-10-16(14(13)2)23-17(27)11-28-20-18-19(21-12-22-20)26(25-24-18)15-8-4-3-5-9-15/h3-10,12H,11H2,1-2H3,(H,23,27). The molecular weight excluding hydrogens is 372 g/mol. The summed E-state index contributed by atoms with van der Waals surface area (Å²) in [5.74, 6) is 0.124. The summed E-state index contributed by atoms with van der Waals surface area (Å²) in [7, 11) is 0. The summed E-state index contributed by atoms with van der Waals surface area (Å²) >= 11 is 1.32. The fourth-order valence-electron chi connectivity index (χ4n) is 2.78. The van der Waals surface area contributed by atoms with Crippen LogP contribution in [0.25, 0.3) is 16.9 Å². The van der Waals surface area contributed by atoms with Crippen LogP contribution >= 0.6 is 11.8 Å². The van der Waals surface area contributed by atoms with Gasteiger partial charge in [-0.1, -0.05) is 47.3 Å². The van der Waals surface area contributed by atoms with Crippen molar-refractivity contribution in [2.75, 3.05) is 11.1 Å². The molecule has 2 heterocycles. The lowest BCUT2D eigenvalue weighted by molar-refractivity contribution is -0.113. The Morgan fingerprint density at radius 3 is 2.71 bits per heavy atom. The molecule has 8 heteroatoms. The van der Waals surface area contributed by atoms with E-state index in [9.17, 15) is 4.79 Å². The molecule has 2 aromatic carbocycles. The molecule has 0 radical (unpaired) electrons. The third-order valence-electron chi connectivity index (χ3n) is 4.42. The molecule has 0 aliphatic carbocycles. The molecule has 4 rings (SSSR count). The number of amides is 1. The highest BCUT2D eigenvalue weighted by molar-refractivity contribution is 8.00. The summed E-state index contributed by atoms with van der Waals surface area (Å²) in [6, 6.07) is 15.5. The van der Waals surface area contributed by atoms with Crippen LogP contribution < -0.4 is 5.32 Å². The van der Waals surface area contributed by atoms with Crippen molar-refractivity contribution in [2.45, 2.75) is 18.9 Å². The quantitative estimate of drug-likeness (QED) is 0.414. The monoisotopic (exact) mass is 390 g/mol. The third kappa shape index (κ3) is 3.59. The molecule has 0 atom stereocenters. The van der Waals surface area contributed by atoms with Gasteiger partial charge in [0.2, 0.25) is 5.91 Å². The van der Waals surface area contributed by atoms with Gasteiger partial charge < -0.3 is 5.32 Å². The van der Waals surface area contributed by atoms with Gasteiger partial charge in [0.1, 0.15) is 11.4 Å². The van der Waals surface area contributed by atoms with Crippen LogP contribution in [0.4, 0.5) is 5.69 Å². The summed E-state index contributed by atoms with van der Waals surface area (Å²) < 4.78 is 1.66. The van der Waals surface area contributed by atoms with Crippen molar-refractivity contribution >= 4 is 34.5 Å². The number of para-hydroxylation sites is 1. The number of nitrogens with one attached hydrogen (secondary N) is 1. The molecule has 4 aromatic rings. The number of fused-ring (bicyclic) bond motifs is 1. The zero-order valence-corrected chi connectivity index (χ0v) is 16.3. The summed E-state index contributed by atoms with van der Waals surface area (Å²) in [4.78, 5) is 21.0. The first-order valence-corrected chi connectivity index (χ1v) is 9.73. The molecule has 140 valence electrons. The van der Waals surface area contributed by atoms with Crippen molar-refractivity contribution in [1.82, 2.24) is 25.0 Å². The minimum Gasteiger partial charge on any atom is -0.325 e. The predicted molar refractivity (Wildman–Crippen MR) is 110 cm³/mol. The average Bonchev–Trinajstić information content (AvgIpc) is 3.15. The van der Waals surface area contributed by atoms with E-state index in [1.54, 1.807) is 4.68 Å². The topological polar surface area (TPSA) is 85.6 Å². The second-order valence-corrected chi connectivity index (χ2v) is 7.24. The number of rotatable bonds is 5. The van der Waals surface area contributed by atoms with Gasteiger partial charge >= 0.3 is 0 Å². The molecular formula is C20H18N6OS. The highest BCUT2D eigenvalue weighted by Crippen LogP contribution is 2.24. The molecule has 0 bridgehead atoms. The van der Waals surface area contributed by atoms with Gasteiger partial charge in [0.25, 0.3) is 0 Å². The molecule has 28 heavy (non-hydrogen) atoms. The number of carbonyl (C=O) groups is 1. The lowest BCUT2D eigenvalue weighted by Gasteiger charge is -2.10. The Morgan fingerprint density at radius 1 is 1.07 bits per heavy atom. The SMILES string of the molecule is Cc1cccc(NC(=O)CSc2ncnc3c2nnn3-c2ccccc2)c1C. The minimum absolute atomic E-state index is 0.0964. The van der Waals surface area contributed by atoms with E-state index in [0.717, 1.165) is 22.5 Å². The molecule has 2 aromatic heterocycles. The van der Waals surface area contributed by atoms with Gasteiger partial charge in [0, 0.05) is 5.69 Å². The second-order valence-electron chi connectivity index (χ2n) is 6.27. The van der Waals surface area contributed by atoms with Crippen molar-refractivity contribution < 1.29 is 4.79 Å². The zero-order valence-electron chi connectivity index (χ0n) is 15.5. The number of benzene rings is 2. The van der Waals surface area contributed by atoms with Gasteiger partial charge in [-0.15, -0.1) is 5.10 Å². The second kappa shape index (κ2) is 7.77. The number of hydrogen-bond acceptors (Lipinski definition) is 6. The van der Waals surface area contributed by atoms with Crippen LogP contribution in [0.2, 0.25) is 0 Å². The van der Waals surface area contributed by atoms with Gasteiger partial charge in [-0.3, -0.25) is 4.79 Å². The molecule has 7 nitrogen and oxygen atoms in total. The van der Waals surface area contributed by atoms with Crippen molar-refractivity contribution in [1.29, 1.82) is 0 Å². The molecule has 0 saturated carbocycles. The van der Waals surface area contributed by atoms with Crippen LogP contribution in [0.15, 0.2) is 59.9 Å². The zero-order chi connectivity index (χ0) is 19.5. The fraction of sp³-hybridized carbons (Fsp3) is 0.150. The van der Waals surface area contributed by atoms with Gasteiger partial charge in [-0.25, -0.2) is 9.97 Å². The Hall–Kier alpha value is -3.26. The van der Waals surface area contributed by atoms with Crippen LogP contribution in [-0.2, 0) is 4.79 Å². The Labute approximate surface area is 166 Å². The molecule has 0 unspecified atom stereocenters. The highest BCUT2D eigenvalue weighted by atomic mass is 32.2. The van der Waals surface area contributed by atoms with E-state index in [0.29, 0.717) is 16.2 Å². The van der Waals surface area contributed by atoms with E-state index >= 15 is 0 Å². The summed E-state index contributed by atoms with van der Waals surface area (Å²) in [6.07, 6.45) is 1.47. The van der Waals surface area contributed by atoms with Crippen LogP contribution in [-0.4, -0.2) is 36.6 Å². The normalized spacial score (nSPS) is 10.9. The van der Waals surface area contributed by atoms with Gasteiger partial charge in [-0.2, -0.15) is 4.68 Å².